The van der Waals surface area contributed by atoms with Gasteiger partial charge in [-0.3, -0.25) is 9.59 Å². The van der Waals surface area contributed by atoms with Gasteiger partial charge in [-0.15, -0.1) is 0 Å². The summed E-state index contributed by atoms with van der Waals surface area (Å²) in [7, 11) is 0. The van der Waals surface area contributed by atoms with Crippen molar-refractivity contribution in [1.29, 1.82) is 0 Å². The van der Waals surface area contributed by atoms with Crippen molar-refractivity contribution in [3.63, 3.8) is 0 Å². The lowest BCUT2D eigenvalue weighted by Gasteiger charge is -2.43. The molecule has 0 radical (unpaired) electrons. The molecule has 2 aliphatic carbocycles. The fourth-order valence-electron chi connectivity index (χ4n) is 5.70. The minimum absolute atomic E-state index is 0.0100. The van der Waals surface area contributed by atoms with E-state index in [0.717, 1.165) is 42.3 Å². The van der Waals surface area contributed by atoms with E-state index in [-0.39, 0.29) is 23.3 Å². The van der Waals surface area contributed by atoms with Gasteiger partial charge in [0.15, 0.2) is 0 Å². The molecular weight excluding hydrogens is 445 g/mol. The number of amides is 1. The first kappa shape index (κ1) is 22.5. The maximum Gasteiger partial charge on any atom is 0.416 e. The van der Waals surface area contributed by atoms with Gasteiger partial charge < -0.3 is 15.0 Å². The molecule has 1 aromatic heterocycles. The van der Waals surface area contributed by atoms with E-state index in [2.05, 4.69) is 5.32 Å². The van der Waals surface area contributed by atoms with Crippen molar-refractivity contribution in [2.24, 2.45) is 11.3 Å². The number of nitrogens with one attached hydrogen (secondary N) is 1. The lowest BCUT2D eigenvalue weighted by molar-refractivity contribution is -0.150. The molecule has 2 aliphatic rings. The van der Waals surface area contributed by atoms with Crippen molar-refractivity contribution in [2.45, 2.75) is 50.9 Å². The molecule has 8 heteroatoms. The summed E-state index contributed by atoms with van der Waals surface area (Å²) in [5.74, 6) is -1.19. The molecule has 1 spiro atoms. The highest BCUT2D eigenvalue weighted by Gasteiger charge is 2.51. The third kappa shape index (κ3) is 4.17. The first-order chi connectivity index (χ1) is 16.1. The molecule has 2 aromatic carbocycles. The molecule has 2 N–H and O–H groups in total. The number of fused-ring (bicyclic) bond motifs is 1. The van der Waals surface area contributed by atoms with E-state index in [1.54, 1.807) is 6.07 Å². The zero-order valence-corrected chi connectivity index (χ0v) is 18.4. The van der Waals surface area contributed by atoms with Crippen molar-refractivity contribution >= 4 is 22.8 Å². The number of hydrogen-bond acceptors (Lipinski definition) is 2. The monoisotopic (exact) mass is 470 g/mol. The van der Waals surface area contributed by atoms with Gasteiger partial charge in [-0.1, -0.05) is 24.3 Å². The van der Waals surface area contributed by atoms with E-state index in [0.29, 0.717) is 30.5 Å². The predicted octanol–water partition coefficient (Wildman–Crippen LogP) is 5.47. The molecule has 1 amide bonds. The van der Waals surface area contributed by atoms with Crippen LogP contribution < -0.4 is 5.32 Å². The minimum atomic E-state index is -4.38. The highest BCUT2D eigenvalue weighted by Crippen LogP contribution is 2.56. The SMILES string of the molecule is O=C(NC1CCC2(C1)CC(C(=O)O)C2)c1cccc2ccn(Cc3ccc(C(F)(F)F)cc3)c12. The van der Waals surface area contributed by atoms with Gasteiger partial charge in [0.05, 0.1) is 22.6 Å². The van der Waals surface area contributed by atoms with Crippen LogP contribution in [0.3, 0.4) is 0 Å². The largest absolute Gasteiger partial charge is 0.481 e. The Morgan fingerprint density at radius 3 is 2.47 bits per heavy atom. The van der Waals surface area contributed by atoms with Crippen LogP contribution >= 0.6 is 0 Å². The second-order valence-electron chi connectivity index (χ2n) is 9.74. The topological polar surface area (TPSA) is 71.3 Å². The smallest absolute Gasteiger partial charge is 0.416 e. The molecule has 1 atom stereocenters. The number of halogens is 3. The van der Waals surface area contributed by atoms with Crippen LogP contribution in [-0.4, -0.2) is 27.6 Å². The molecule has 34 heavy (non-hydrogen) atoms. The molecule has 3 aromatic rings. The molecule has 2 fully saturated rings. The summed E-state index contributed by atoms with van der Waals surface area (Å²) in [6.07, 6.45) is 1.38. The zero-order valence-electron chi connectivity index (χ0n) is 18.4. The normalized spacial score (nSPS) is 24.3. The highest BCUT2D eigenvalue weighted by atomic mass is 19.4. The number of carboxylic acid groups (broad SMARTS) is 1. The Kier molecular flexibility index (Phi) is 5.41. The second kappa shape index (κ2) is 8.18. The van der Waals surface area contributed by atoms with Crippen molar-refractivity contribution in [2.75, 3.05) is 0 Å². The third-order valence-electron chi connectivity index (χ3n) is 7.41. The number of para-hydroxylation sites is 1. The van der Waals surface area contributed by atoms with Gasteiger partial charge >= 0.3 is 12.1 Å². The van der Waals surface area contributed by atoms with E-state index < -0.39 is 17.7 Å². The van der Waals surface area contributed by atoms with Gasteiger partial charge in [-0.05, 0) is 67.3 Å². The fourth-order valence-corrected chi connectivity index (χ4v) is 5.70. The Morgan fingerprint density at radius 1 is 1.06 bits per heavy atom. The van der Waals surface area contributed by atoms with E-state index in [9.17, 15) is 27.9 Å². The molecule has 0 saturated heterocycles. The van der Waals surface area contributed by atoms with Crippen molar-refractivity contribution in [1.82, 2.24) is 9.88 Å². The van der Waals surface area contributed by atoms with E-state index in [1.807, 2.05) is 29.0 Å². The van der Waals surface area contributed by atoms with Gasteiger partial charge in [-0.2, -0.15) is 13.2 Å². The summed E-state index contributed by atoms with van der Waals surface area (Å²) in [4.78, 5) is 24.4. The maximum absolute atomic E-state index is 13.2. The van der Waals surface area contributed by atoms with Crippen LogP contribution in [-0.2, 0) is 17.5 Å². The van der Waals surface area contributed by atoms with Crippen LogP contribution in [0.4, 0.5) is 13.2 Å². The van der Waals surface area contributed by atoms with E-state index in [4.69, 9.17) is 0 Å². The molecule has 0 aliphatic heterocycles. The number of carbonyl (C=O) groups is 2. The van der Waals surface area contributed by atoms with Crippen LogP contribution in [0.1, 0.15) is 53.6 Å². The molecule has 5 rings (SSSR count). The standard InChI is InChI=1S/C26H25F3N2O3/c27-26(28,29)19-6-4-16(5-7-19)15-31-11-9-17-2-1-3-21(22(17)31)23(32)30-20-8-10-25(14-20)12-18(13-25)24(33)34/h1-7,9,11,18,20H,8,10,12-15H2,(H,30,32)(H,33,34). The lowest BCUT2D eigenvalue weighted by atomic mass is 9.61. The van der Waals surface area contributed by atoms with Crippen molar-refractivity contribution in [3.8, 4) is 0 Å². The lowest BCUT2D eigenvalue weighted by Crippen LogP contribution is -2.41. The van der Waals surface area contributed by atoms with Crippen LogP contribution in [0.2, 0.25) is 0 Å². The van der Waals surface area contributed by atoms with E-state index >= 15 is 0 Å². The molecule has 0 bridgehead atoms. The Morgan fingerprint density at radius 2 is 1.79 bits per heavy atom. The molecular formula is C26H25F3N2O3. The van der Waals surface area contributed by atoms with Crippen LogP contribution in [0.15, 0.2) is 54.7 Å². The first-order valence-corrected chi connectivity index (χ1v) is 11.4. The van der Waals surface area contributed by atoms with Crippen LogP contribution in [0, 0.1) is 11.3 Å². The minimum Gasteiger partial charge on any atom is -0.481 e. The number of aliphatic carboxylic acids is 1. The summed E-state index contributed by atoms with van der Waals surface area (Å²) in [5.41, 5.74) is 1.31. The molecule has 5 nitrogen and oxygen atoms in total. The maximum atomic E-state index is 13.2. The predicted molar refractivity (Wildman–Crippen MR) is 120 cm³/mol. The average Bonchev–Trinajstić information content (AvgIpc) is 3.37. The van der Waals surface area contributed by atoms with Gasteiger partial charge in [0.1, 0.15) is 0 Å². The van der Waals surface area contributed by atoms with Gasteiger partial charge in [0.2, 0.25) is 0 Å². The molecule has 1 unspecified atom stereocenters. The number of hydrogen-bond donors (Lipinski definition) is 2. The molecule has 178 valence electrons. The zero-order chi connectivity index (χ0) is 24.1. The van der Waals surface area contributed by atoms with Crippen LogP contribution in [0.25, 0.3) is 10.9 Å². The highest BCUT2D eigenvalue weighted by molar-refractivity contribution is 6.06. The van der Waals surface area contributed by atoms with E-state index in [1.165, 1.54) is 12.1 Å². The summed E-state index contributed by atoms with van der Waals surface area (Å²) in [6.45, 7) is 0.342. The number of carbonyl (C=O) groups excluding carboxylic acids is 1. The quantitative estimate of drug-likeness (QED) is 0.519. The third-order valence-corrected chi connectivity index (χ3v) is 7.41. The number of nitrogens with zero attached hydrogens (tertiary/aromatic N) is 1. The number of rotatable bonds is 5. The number of alkyl halides is 3. The van der Waals surface area contributed by atoms with Gasteiger partial charge in [0.25, 0.3) is 5.91 Å². The fraction of sp³-hybridized carbons (Fsp3) is 0.385. The first-order valence-electron chi connectivity index (χ1n) is 11.4. The Balaban J connectivity index is 1.32. The summed E-state index contributed by atoms with van der Waals surface area (Å²) < 4.78 is 40.5. The van der Waals surface area contributed by atoms with Gasteiger partial charge in [-0.25, -0.2) is 0 Å². The number of aromatic nitrogens is 1. The van der Waals surface area contributed by atoms with Gasteiger partial charge in [0, 0.05) is 24.2 Å². The van der Waals surface area contributed by atoms with Crippen LogP contribution in [0.5, 0.6) is 0 Å². The number of benzene rings is 2. The summed E-state index contributed by atoms with van der Waals surface area (Å²) in [6, 6.07) is 12.4. The number of carboxylic acids is 1. The average molecular weight is 470 g/mol. The Labute approximate surface area is 194 Å². The second-order valence-corrected chi connectivity index (χ2v) is 9.74. The molecule has 1 heterocycles. The summed E-state index contributed by atoms with van der Waals surface area (Å²) >= 11 is 0. The Hall–Kier alpha value is -3.29. The molecule has 2 saturated carbocycles. The summed E-state index contributed by atoms with van der Waals surface area (Å²) in [5, 5.41) is 13.2. The Bertz CT molecular complexity index is 1240. The van der Waals surface area contributed by atoms with Crippen molar-refractivity contribution < 1.29 is 27.9 Å². The van der Waals surface area contributed by atoms with Crippen molar-refractivity contribution in [3.05, 3.63) is 71.4 Å².